The lowest BCUT2D eigenvalue weighted by Gasteiger charge is -2.36. The standard InChI is InChI=1S/C19H25N3O2/c1-3-7-15(8-4-2)19(24)21-11-12-22(18(23)14-21)17-10-6-5-9-16(17)13-20/h5-6,9-10,15H,3-4,7-8,11-12,14H2,1-2H3. The van der Waals surface area contributed by atoms with Gasteiger partial charge >= 0.3 is 0 Å². The molecule has 128 valence electrons. The van der Waals surface area contributed by atoms with Gasteiger partial charge in [0.25, 0.3) is 0 Å². The van der Waals surface area contributed by atoms with Gasteiger partial charge in [0.05, 0.1) is 11.3 Å². The summed E-state index contributed by atoms with van der Waals surface area (Å²) in [6.45, 7) is 5.22. The molecule has 0 spiro atoms. The Morgan fingerprint density at radius 3 is 2.46 bits per heavy atom. The van der Waals surface area contributed by atoms with Gasteiger partial charge in [0.2, 0.25) is 11.8 Å². The van der Waals surface area contributed by atoms with Crippen LogP contribution in [0.2, 0.25) is 0 Å². The normalized spacial score (nSPS) is 14.8. The topological polar surface area (TPSA) is 64.4 Å². The van der Waals surface area contributed by atoms with Crippen molar-refractivity contribution < 1.29 is 9.59 Å². The third kappa shape index (κ3) is 3.94. The highest BCUT2D eigenvalue weighted by atomic mass is 16.2. The summed E-state index contributed by atoms with van der Waals surface area (Å²) in [5.41, 5.74) is 1.12. The van der Waals surface area contributed by atoms with Crippen LogP contribution in [0.1, 0.15) is 45.1 Å². The van der Waals surface area contributed by atoms with Crippen molar-refractivity contribution in [3.63, 3.8) is 0 Å². The van der Waals surface area contributed by atoms with E-state index in [0.717, 1.165) is 25.7 Å². The summed E-state index contributed by atoms with van der Waals surface area (Å²) in [6.07, 6.45) is 3.69. The van der Waals surface area contributed by atoms with Crippen molar-refractivity contribution in [3.8, 4) is 6.07 Å². The average molecular weight is 327 g/mol. The number of hydrogen-bond acceptors (Lipinski definition) is 3. The highest BCUT2D eigenvalue weighted by Gasteiger charge is 2.31. The average Bonchev–Trinajstić information content (AvgIpc) is 2.61. The fourth-order valence-corrected chi connectivity index (χ4v) is 3.27. The first kappa shape index (κ1) is 18.0. The molecule has 2 amide bonds. The van der Waals surface area contributed by atoms with E-state index in [9.17, 15) is 14.9 Å². The molecule has 1 heterocycles. The first-order valence-electron chi connectivity index (χ1n) is 8.70. The number of nitrogens with zero attached hydrogens (tertiary/aromatic N) is 3. The number of nitriles is 1. The third-order valence-corrected chi connectivity index (χ3v) is 4.47. The predicted octanol–water partition coefficient (Wildman–Crippen LogP) is 2.95. The van der Waals surface area contributed by atoms with Crippen molar-refractivity contribution in [2.24, 2.45) is 5.92 Å². The van der Waals surface area contributed by atoms with Crippen molar-refractivity contribution in [1.29, 1.82) is 5.26 Å². The Kier molecular flexibility index (Phi) is 6.36. The molecule has 0 N–H and O–H groups in total. The van der Waals surface area contributed by atoms with Crippen LogP contribution in [-0.2, 0) is 9.59 Å². The second kappa shape index (κ2) is 8.49. The van der Waals surface area contributed by atoms with E-state index in [2.05, 4.69) is 19.9 Å². The maximum Gasteiger partial charge on any atom is 0.246 e. The Morgan fingerprint density at radius 2 is 1.88 bits per heavy atom. The van der Waals surface area contributed by atoms with Crippen LogP contribution in [0.5, 0.6) is 0 Å². The lowest BCUT2D eigenvalue weighted by Crippen LogP contribution is -2.53. The minimum atomic E-state index is -0.121. The number of carbonyl (C=O) groups is 2. The molecule has 5 heteroatoms. The van der Waals surface area contributed by atoms with E-state index in [1.54, 1.807) is 28.0 Å². The summed E-state index contributed by atoms with van der Waals surface area (Å²) >= 11 is 0. The molecule has 24 heavy (non-hydrogen) atoms. The maximum absolute atomic E-state index is 12.7. The van der Waals surface area contributed by atoms with E-state index in [1.807, 2.05) is 6.07 Å². The Labute approximate surface area is 143 Å². The molecule has 1 saturated heterocycles. The predicted molar refractivity (Wildman–Crippen MR) is 93.4 cm³/mol. The molecule has 2 rings (SSSR count). The Morgan fingerprint density at radius 1 is 1.21 bits per heavy atom. The summed E-state index contributed by atoms with van der Waals surface area (Å²) in [5, 5.41) is 9.21. The van der Waals surface area contributed by atoms with Gasteiger partial charge in [0, 0.05) is 19.0 Å². The number of hydrogen-bond donors (Lipinski definition) is 0. The van der Waals surface area contributed by atoms with Crippen LogP contribution in [0.4, 0.5) is 5.69 Å². The van der Waals surface area contributed by atoms with Crippen LogP contribution in [0.15, 0.2) is 24.3 Å². The lowest BCUT2D eigenvalue weighted by atomic mass is 9.96. The molecule has 0 aromatic heterocycles. The van der Waals surface area contributed by atoms with Crippen molar-refractivity contribution in [2.75, 3.05) is 24.5 Å². The van der Waals surface area contributed by atoms with Gasteiger partial charge in [-0.25, -0.2) is 0 Å². The molecule has 1 fully saturated rings. The van der Waals surface area contributed by atoms with Crippen molar-refractivity contribution in [2.45, 2.75) is 39.5 Å². The SMILES string of the molecule is CCCC(CCC)C(=O)N1CCN(c2ccccc2C#N)C(=O)C1. The zero-order valence-electron chi connectivity index (χ0n) is 14.5. The molecule has 5 nitrogen and oxygen atoms in total. The molecule has 0 atom stereocenters. The summed E-state index contributed by atoms with van der Waals surface area (Å²) in [4.78, 5) is 28.5. The first-order chi connectivity index (χ1) is 11.6. The van der Waals surface area contributed by atoms with E-state index >= 15 is 0 Å². The van der Waals surface area contributed by atoms with Gasteiger partial charge in [0.1, 0.15) is 12.6 Å². The van der Waals surface area contributed by atoms with E-state index in [4.69, 9.17) is 0 Å². The molecular formula is C19H25N3O2. The van der Waals surface area contributed by atoms with Crippen LogP contribution in [0.3, 0.4) is 0 Å². The van der Waals surface area contributed by atoms with Crippen molar-refractivity contribution in [1.82, 2.24) is 4.90 Å². The van der Waals surface area contributed by atoms with Crippen LogP contribution < -0.4 is 4.90 Å². The molecule has 1 aromatic rings. The summed E-state index contributed by atoms with van der Waals surface area (Å²) < 4.78 is 0. The maximum atomic E-state index is 12.7. The summed E-state index contributed by atoms with van der Waals surface area (Å²) in [6, 6.07) is 9.22. The minimum Gasteiger partial charge on any atom is -0.331 e. The molecule has 0 saturated carbocycles. The second-order valence-electron chi connectivity index (χ2n) is 6.21. The van der Waals surface area contributed by atoms with E-state index < -0.39 is 0 Å². The third-order valence-electron chi connectivity index (χ3n) is 4.47. The summed E-state index contributed by atoms with van der Waals surface area (Å²) in [5.74, 6) is -0.00457. The lowest BCUT2D eigenvalue weighted by molar-refractivity contribution is -0.140. The zero-order chi connectivity index (χ0) is 17.5. The van der Waals surface area contributed by atoms with Crippen molar-refractivity contribution in [3.05, 3.63) is 29.8 Å². The minimum absolute atomic E-state index is 0.0192. The van der Waals surface area contributed by atoms with E-state index in [0.29, 0.717) is 24.3 Å². The van der Waals surface area contributed by atoms with E-state index in [1.165, 1.54) is 0 Å². The fraction of sp³-hybridized carbons (Fsp3) is 0.526. The number of rotatable bonds is 6. The van der Waals surface area contributed by atoms with Gasteiger partial charge < -0.3 is 9.80 Å². The zero-order valence-corrected chi connectivity index (χ0v) is 14.5. The largest absolute Gasteiger partial charge is 0.331 e. The molecule has 1 aromatic carbocycles. The smallest absolute Gasteiger partial charge is 0.246 e. The number of benzene rings is 1. The number of carbonyl (C=O) groups excluding carboxylic acids is 2. The molecular weight excluding hydrogens is 302 g/mol. The number of piperazine rings is 1. The highest BCUT2D eigenvalue weighted by molar-refractivity contribution is 5.99. The Bertz CT molecular complexity index is 630. The van der Waals surface area contributed by atoms with Gasteiger partial charge in [-0.1, -0.05) is 38.8 Å². The monoisotopic (exact) mass is 327 g/mol. The van der Waals surface area contributed by atoms with Crippen LogP contribution in [0.25, 0.3) is 0 Å². The van der Waals surface area contributed by atoms with Crippen LogP contribution in [-0.4, -0.2) is 36.3 Å². The molecule has 1 aliphatic rings. The molecule has 0 radical (unpaired) electrons. The van der Waals surface area contributed by atoms with Gasteiger partial charge in [-0.15, -0.1) is 0 Å². The Hall–Kier alpha value is -2.35. The second-order valence-corrected chi connectivity index (χ2v) is 6.21. The first-order valence-corrected chi connectivity index (χ1v) is 8.70. The van der Waals surface area contributed by atoms with E-state index in [-0.39, 0.29) is 24.3 Å². The highest BCUT2D eigenvalue weighted by Crippen LogP contribution is 2.23. The number of para-hydroxylation sites is 1. The quantitative estimate of drug-likeness (QED) is 0.807. The molecule has 0 bridgehead atoms. The summed E-state index contributed by atoms with van der Waals surface area (Å²) in [7, 11) is 0. The molecule has 0 aliphatic carbocycles. The number of anilines is 1. The van der Waals surface area contributed by atoms with Gasteiger partial charge in [-0.05, 0) is 25.0 Å². The van der Waals surface area contributed by atoms with Crippen LogP contribution >= 0.6 is 0 Å². The van der Waals surface area contributed by atoms with Crippen LogP contribution in [0, 0.1) is 17.2 Å². The van der Waals surface area contributed by atoms with Gasteiger partial charge in [-0.3, -0.25) is 9.59 Å². The van der Waals surface area contributed by atoms with Crippen molar-refractivity contribution >= 4 is 17.5 Å². The molecule has 1 aliphatic heterocycles. The van der Waals surface area contributed by atoms with Gasteiger partial charge in [0.15, 0.2) is 0 Å². The number of amides is 2. The van der Waals surface area contributed by atoms with Gasteiger partial charge in [-0.2, -0.15) is 5.26 Å². The molecule has 0 unspecified atom stereocenters. The Balaban J connectivity index is 2.09. The fourth-order valence-electron chi connectivity index (χ4n) is 3.27.